The van der Waals surface area contributed by atoms with Crippen LogP contribution in [0, 0.1) is 5.92 Å². The van der Waals surface area contributed by atoms with Crippen molar-refractivity contribution in [3.8, 4) is 11.4 Å². The fraction of sp³-hybridized carbons (Fsp3) is 0.136. The van der Waals surface area contributed by atoms with Gasteiger partial charge < -0.3 is 20.2 Å². The van der Waals surface area contributed by atoms with Crippen LogP contribution in [0.1, 0.15) is 17.3 Å². The van der Waals surface area contributed by atoms with E-state index < -0.39 is 17.8 Å². The standard InChI is InChI=1S/C22H21N5O4/c1-14(26-27(2)18-8-4-6-16(12-18)22(30)31)19(13-28)21(29)25-17-7-3-5-15(11-17)20-23-9-10-24-20/h3-13,19H,1-2H3,(H,23,24)(H,25,29)(H,30,31)/b26-14-. The lowest BCUT2D eigenvalue weighted by atomic mass is 10.1. The maximum atomic E-state index is 12.7. The summed E-state index contributed by atoms with van der Waals surface area (Å²) < 4.78 is 0. The molecule has 0 aliphatic carbocycles. The van der Waals surface area contributed by atoms with Gasteiger partial charge in [-0.3, -0.25) is 9.80 Å². The molecule has 9 heteroatoms. The van der Waals surface area contributed by atoms with Crippen LogP contribution in [0.15, 0.2) is 66.0 Å². The molecule has 31 heavy (non-hydrogen) atoms. The Labute approximate surface area is 178 Å². The van der Waals surface area contributed by atoms with Crippen LogP contribution in [0.2, 0.25) is 0 Å². The van der Waals surface area contributed by atoms with Crippen LogP contribution in [0.3, 0.4) is 0 Å². The van der Waals surface area contributed by atoms with E-state index in [2.05, 4.69) is 20.4 Å². The van der Waals surface area contributed by atoms with Gasteiger partial charge in [0.2, 0.25) is 5.91 Å². The maximum Gasteiger partial charge on any atom is 0.335 e. The maximum absolute atomic E-state index is 12.7. The van der Waals surface area contributed by atoms with Gasteiger partial charge in [-0.1, -0.05) is 18.2 Å². The van der Waals surface area contributed by atoms with E-state index in [1.165, 1.54) is 17.1 Å². The number of anilines is 2. The molecule has 1 amide bonds. The van der Waals surface area contributed by atoms with Crippen molar-refractivity contribution in [2.45, 2.75) is 6.92 Å². The van der Waals surface area contributed by atoms with E-state index in [-0.39, 0.29) is 11.3 Å². The number of benzene rings is 2. The number of carbonyl (C=O) groups excluding carboxylic acids is 2. The zero-order valence-electron chi connectivity index (χ0n) is 16.9. The van der Waals surface area contributed by atoms with E-state index >= 15 is 0 Å². The number of aromatic carboxylic acids is 1. The van der Waals surface area contributed by atoms with E-state index in [9.17, 15) is 14.4 Å². The van der Waals surface area contributed by atoms with Crippen molar-refractivity contribution in [3.63, 3.8) is 0 Å². The first-order valence-electron chi connectivity index (χ1n) is 9.37. The molecule has 0 aliphatic rings. The number of aromatic amines is 1. The molecule has 9 nitrogen and oxygen atoms in total. The molecule has 2 aromatic carbocycles. The number of amides is 1. The summed E-state index contributed by atoms with van der Waals surface area (Å²) >= 11 is 0. The molecule has 0 fully saturated rings. The van der Waals surface area contributed by atoms with Crippen LogP contribution in [-0.4, -0.2) is 46.0 Å². The Morgan fingerprint density at radius 2 is 2.00 bits per heavy atom. The summed E-state index contributed by atoms with van der Waals surface area (Å²) in [6, 6.07) is 13.3. The molecular weight excluding hydrogens is 398 g/mol. The Balaban J connectivity index is 1.75. The van der Waals surface area contributed by atoms with Gasteiger partial charge in [-0.25, -0.2) is 9.78 Å². The average Bonchev–Trinajstić information content (AvgIpc) is 3.29. The summed E-state index contributed by atoms with van der Waals surface area (Å²) in [6.45, 7) is 1.56. The smallest absolute Gasteiger partial charge is 0.335 e. The van der Waals surface area contributed by atoms with Crippen molar-refractivity contribution in [1.82, 2.24) is 9.97 Å². The molecule has 0 saturated heterocycles. The lowest BCUT2D eigenvalue weighted by Crippen LogP contribution is -2.31. The molecule has 3 N–H and O–H groups in total. The molecule has 0 aliphatic heterocycles. The summed E-state index contributed by atoms with van der Waals surface area (Å²) in [5.41, 5.74) is 2.18. The number of imidazole rings is 1. The Morgan fingerprint density at radius 1 is 1.23 bits per heavy atom. The van der Waals surface area contributed by atoms with Gasteiger partial charge in [0.05, 0.1) is 17.0 Å². The quantitative estimate of drug-likeness (QED) is 0.223. The minimum absolute atomic E-state index is 0.110. The number of hydrazone groups is 1. The highest BCUT2D eigenvalue weighted by Crippen LogP contribution is 2.20. The number of carboxylic acids is 1. The van der Waals surface area contributed by atoms with Crippen molar-refractivity contribution in [2.24, 2.45) is 11.0 Å². The van der Waals surface area contributed by atoms with Crippen LogP contribution in [0.5, 0.6) is 0 Å². The molecular formula is C22H21N5O4. The predicted molar refractivity (Wildman–Crippen MR) is 117 cm³/mol. The number of hydrogen-bond acceptors (Lipinski definition) is 6. The van der Waals surface area contributed by atoms with E-state index in [1.807, 2.05) is 6.07 Å². The Morgan fingerprint density at radius 3 is 2.68 bits per heavy atom. The zero-order chi connectivity index (χ0) is 22.4. The largest absolute Gasteiger partial charge is 0.478 e. The van der Waals surface area contributed by atoms with Gasteiger partial charge in [-0.2, -0.15) is 5.10 Å². The van der Waals surface area contributed by atoms with Crippen molar-refractivity contribution in [2.75, 3.05) is 17.4 Å². The topological polar surface area (TPSA) is 128 Å². The summed E-state index contributed by atoms with van der Waals surface area (Å²) in [4.78, 5) is 42.7. The highest BCUT2D eigenvalue weighted by atomic mass is 16.4. The third-order valence-corrected chi connectivity index (χ3v) is 4.54. The predicted octanol–water partition coefficient (Wildman–Crippen LogP) is 3.04. The zero-order valence-corrected chi connectivity index (χ0v) is 16.9. The molecule has 3 rings (SSSR count). The third kappa shape index (κ3) is 5.21. The fourth-order valence-electron chi connectivity index (χ4n) is 2.93. The lowest BCUT2D eigenvalue weighted by molar-refractivity contribution is -0.122. The van der Waals surface area contributed by atoms with Crippen molar-refractivity contribution in [3.05, 3.63) is 66.5 Å². The van der Waals surface area contributed by atoms with Crippen LogP contribution >= 0.6 is 0 Å². The molecule has 3 aromatic rings. The highest BCUT2D eigenvalue weighted by Gasteiger charge is 2.22. The second-order valence-corrected chi connectivity index (χ2v) is 6.74. The number of hydrogen-bond donors (Lipinski definition) is 3. The fourth-order valence-corrected chi connectivity index (χ4v) is 2.93. The second kappa shape index (κ2) is 9.49. The number of H-pyrrole nitrogens is 1. The minimum atomic E-state index is -1.11. The van der Waals surface area contributed by atoms with Gasteiger partial charge in [-0.05, 0) is 37.3 Å². The summed E-state index contributed by atoms with van der Waals surface area (Å²) in [5, 5.41) is 17.6. The molecule has 0 radical (unpaired) electrons. The third-order valence-electron chi connectivity index (χ3n) is 4.54. The first kappa shape index (κ1) is 21.4. The van der Waals surface area contributed by atoms with Gasteiger partial charge in [0.1, 0.15) is 18.0 Å². The molecule has 0 bridgehead atoms. The summed E-state index contributed by atoms with van der Waals surface area (Å²) in [7, 11) is 1.61. The van der Waals surface area contributed by atoms with Crippen LogP contribution in [0.4, 0.5) is 11.4 Å². The first-order chi connectivity index (χ1) is 14.9. The van der Waals surface area contributed by atoms with Crippen LogP contribution in [0.25, 0.3) is 11.4 Å². The average molecular weight is 419 g/mol. The number of aromatic nitrogens is 2. The SMILES string of the molecule is C/C(=N/N(C)c1cccc(C(=O)O)c1)C(C=O)C(=O)Nc1cccc(-c2ncc[nH]2)c1. The van der Waals surface area contributed by atoms with Crippen molar-refractivity contribution < 1.29 is 19.5 Å². The van der Waals surface area contributed by atoms with Crippen molar-refractivity contribution >= 4 is 35.2 Å². The lowest BCUT2D eigenvalue weighted by Gasteiger charge is -2.17. The van der Waals surface area contributed by atoms with Gasteiger partial charge in [-0.15, -0.1) is 0 Å². The number of nitrogens with one attached hydrogen (secondary N) is 2. The van der Waals surface area contributed by atoms with E-state index in [0.717, 1.165) is 5.56 Å². The molecule has 158 valence electrons. The Hall–Kier alpha value is -4.27. The number of carbonyl (C=O) groups is 3. The van der Waals surface area contributed by atoms with Gasteiger partial charge >= 0.3 is 5.97 Å². The number of aldehydes is 1. The molecule has 1 atom stereocenters. The number of carboxylic acid groups (broad SMARTS) is 1. The van der Waals surface area contributed by atoms with Crippen LogP contribution < -0.4 is 10.3 Å². The molecule has 1 aromatic heterocycles. The van der Waals surface area contributed by atoms with Gasteiger partial charge in [0.25, 0.3) is 0 Å². The van der Waals surface area contributed by atoms with Crippen molar-refractivity contribution in [1.29, 1.82) is 0 Å². The van der Waals surface area contributed by atoms with E-state index in [4.69, 9.17) is 5.11 Å². The van der Waals surface area contributed by atoms with Crippen LogP contribution in [-0.2, 0) is 9.59 Å². The van der Waals surface area contributed by atoms with Gasteiger partial charge in [0.15, 0.2) is 0 Å². The van der Waals surface area contributed by atoms with E-state index in [0.29, 0.717) is 23.5 Å². The first-order valence-corrected chi connectivity index (χ1v) is 9.37. The van der Waals surface area contributed by atoms with Gasteiger partial charge in [0, 0.05) is 30.7 Å². The molecule has 0 spiro atoms. The Kier molecular flexibility index (Phi) is 6.56. The normalized spacial score (nSPS) is 12.1. The molecule has 1 heterocycles. The summed E-state index contributed by atoms with van der Waals surface area (Å²) in [5.74, 6) is -2.04. The molecule has 0 saturated carbocycles. The summed E-state index contributed by atoms with van der Waals surface area (Å²) in [6.07, 6.45) is 3.85. The minimum Gasteiger partial charge on any atom is -0.478 e. The van der Waals surface area contributed by atoms with E-state index in [1.54, 1.807) is 56.7 Å². The number of nitrogens with zero attached hydrogens (tertiary/aromatic N) is 3. The highest BCUT2D eigenvalue weighted by molar-refractivity contribution is 6.18. The molecule has 1 unspecified atom stereocenters. The number of rotatable bonds is 8. The second-order valence-electron chi connectivity index (χ2n) is 6.74. The monoisotopic (exact) mass is 419 g/mol. The Bertz CT molecular complexity index is 1120.